The first-order valence-corrected chi connectivity index (χ1v) is 9.96. The molecular formula is C19H23F3N6O. The van der Waals surface area contributed by atoms with Crippen LogP contribution in [0.1, 0.15) is 49.4 Å². The molecule has 0 aromatic carbocycles. The Kier molecular flexibility index (Phi) is 4.23. The van der Waals surface area contributed by atoms with Gasteiger partial charge in [0, 0.05) is 36.0 Å². The maximum Gasteiger partial charge on any atom is 0.421 e. The van der Waals surface area contributed by atoms with E-state index < -0.39 is 11.7 Å². The summed E-state index contributed by atoms with van der Waals surface area (Å²) in [6.07, 6.45) is 1.13. The fraction of sp³-hybridized carbons (Fsp3) is 0.632. The van der Waals surface area contributed by atoms with Crippen LogP contribution in [0.15, 0.2) is 6.20 Å². The maximum absolute atomic E-state index is 13.4. The lowest BCUT2D eigenvalue weighted by Crippen LogP contribution is -2.22. The number of hydrogen-bond acceptors (Lipinski definition) is 6. The van der Waals surface area contributed by atoms with Gasteiger partial charge in [0.25, 0.3) is 0 Å². The molecule has 3 heterocycles. The molecule has 5 rings (SSSR count). The van der Waals surface area contributed by atoms with Crippen LogP contribution in [0.5, 0.6) is 0 Å². The number of hydrogen-bond donors (Lipinski definition) is 2. The van der Waals surface area contributed by atoms with E-state index >= 15 is 0 Å². The first kappa shape index (κ1) is 18.7. The molecule has 0 radical (unpaired) electrons. The Hall–Kier alpha value is -2.36. The fourth-order valence-electron chi connectivity index (χ4n) is 3.55. The van der Waals surface area contributed by atoms with Crippen LogP contribution in [0.3, 0.4) is 0 Å². The molecule has 0 atom stereocenters. The Morgan fingerprint density at radius 3 is 2.76 bits per heavy atom. The molecule has 2 fully saturated rings. The average molecular weight is 408 g/mol. The highest BCUT2D eigenvalue weighted by Crippen LogP contribution is 2.42. The van der Waals surface area contributed by atoms with Crippen LogP contribution in [-0.2, 0) is 30.5 Å². The summed E-state index contributed by atoms with van der Waals surface area (Å²) in [5, 5.41) is 10.6. The van der Waals surface area contributed by atoms with E-state index in [0.29, 0.717) is 24.9 Å². The zero-order valence-corrected chi connectivity index (χ0v) is 16.1. The van der Waals surface area contributed by atoms with Gasteiger partial charge in [-0.25, -0.2) is 4.98 Å². The summed E-state index contributed by atoms with van der Waals surface area (Å²) >= 11 is 0. The minimum Gasteiger partial charge on any atom is -0.376 e. The Morgan fingerprint density at radius 1 is 1.28 bits per heavy atom. The van der Waals surface area contributed by atoms with E-state index in [-0.39, 0.29) is 17.3 Å². The number of rotatable bonds is 6. The van der Waals surface area contributed by atoms with E-state index in [1.54, 1.807) is 0 Å². The number of aromatic nitrogens is 4. The Balaban J connectivity index is 1.45. The van der Waals surface area contributed by atoms with Gasteiger partial charge in [-0.05, 0) is 38.5 Å². The van der Waals surface area contributed by atoms with Gasteiger partial charge in [0.15, 0.2) is 5.82 Å². The number of halogens is 3. The monoisotopic (exact) mass is 408 g/mol. The number of nitrogens with one attached hydrogen (secondary N) is 2. The minimum absolute atomic E-state index is 0.0918. The summed E-state index contributed by atoms with van der Waals surface area (Å²) in [5.74, 6) is 1.11. The van der Waals surface area contributed by atoms with Gasteiger partial charge in [-0.2, -0.15) is 23.3 Å². The van der Waals surface area contributed by atoms with Crippen LogP contribution < -0.4 is 10.6 Å². The largest absolute Gasteiger partial charge is 0.421 e. The van der Waals surface area contributed by atoms with Gasteiger partial charge in [0.05, 0.1) is 13.2 Å². The molecule has 0 unspecified atom stereocenters. The quantitative estimate of drug-likeness (QED) is 0.755. The fourth-order valence-corrected chi connectivity index (χ4v) is 3.55. The molecule has 2 N–H and O–H groups in total. The van der Waals surface area contributed by atoms with Crippen LogP contribution in [0.25, 0.3) is 0 Å². The number of fused-ring (bicyclic) bond motifs is 1. The predicted octanol–water partition coefficient (Wildman–Crippen LogP) is 3.88. The number of nitrogens with zero attached hydrogens (tertiary/aromatic N) is 4. The molecule has 29 heavy (non-hydrogen) atoms. The van der Waals surface area contributed by atoms with Crippen molar-refractivity contribution in [3.05, 3.63) is 23.0 Å². The number of anilines is 3. The second-order valence-corrected chi connectivity index (χ2v) is 8.47. The van der Waals surface area contributed by atoms with Crippen molar-refractivity contribution in [2.75, 3.05) is 17.2 Å². The Morgan fingerprint density at radius 2 is 2.07 bits per heavy atom. The molecule has 0 bridgehead atoms. The van der Waals surface area contributed by atoms with Crippen molar-refractivity contribution >= 4 is 17.6 Å². The van der Waals surface area contributed by atoms with Crippen molar-refractivity contribution in [2.24, 2.45) is 5.92 Å². The summed E-state index contributed by atoms with van der Waals surface area (Å²) < 4.78 is 47.7. The molecule has 7 nitrogen and oxygen atoms in total. The van der Waals surface area contributed by atoms with E-state index in [9.17, 15) is 13.2 Å². The third kappa shape index (κ3) is 3.90. The van der Waals surface area contributed by atoms with Gasteiger partial charge in [-0.15, -0.1) is 0 Å². The van der Waals surface area contributed by atoms with Crippen molar-refractivity contribution in [1.29, 1.82) is 0 Å². The van der Waals surface area contributed by atoms with Crippen LogP contribution >= 0.6 is 0 Å². The topological polar surface area (TPSA) is 76.9 Å². The molecule has 0 spiro atoms. The molecule has 1 aliphatic heterocycles. The van der Waals surface area contributed by atoms with Gasteiger partial charge in [0.1, 0.15) is 11.4 Å². The van der Waals surface area contributed by atoms with Gasteiger partial charge in [-0.1, -0.05) is 0 Å². The third-order valence-electron chi connectivity index (χ3n) is 5.77. The Labute approximate surface area is 166 Å². The molecule has 2 aromatic heterocycles. The summed E-state index contributed by atoms with van der Waals surface area (Å²) in [5.41, 5.74) is 0.857. The van der Waals surface area contributed by atoms with Crippen molar-refractivity contribution in [2.45, 2.75) is 63.9 Å². The van der Waals surface area contributed by atoms with E-state index in [4.69, 9.17) is 4.74 Å². The maximum atomic E-state index is 13.4. The van der Waals surface area contributed by atoms with E-state index in [1.807, 2.05) is 11.6 Å². The Bertz CT molecular complexity index is 933. The van der Waals surface area contributed by atoms with Gasteiger partial charge < -0.3 is 15.4 Å². The zero-order chi connectivity index (χ0) is 20.2. The summed E-state index contributed by atoms with van der Waals surface area (Å²) in [6, 6.07) is 0. The highest BCUT2D eigenvalue weighted by Gasteiger charge is 2.42. The molecule has 0 saturated heterocycles. The average Bonchev–Trinajstić information content (AvgIpc) is 3.58. The molecule has 3 aliphatic rings. The summed E-state index contributed by atoms with van der Waals surface area (Å²) in [4.78, 5) is 8.06. The van der Waals surface area contributed by atoms with E-state index in [1.165, 1.54) is 12.8 Å². The number of ether oxygens (including phenoxy) is 1. The third-order valence-corrected chi connectivity index (χ3v) is 5.77. The standard InChI is InChI=1S/C19H23F3N6O/c1-18(5-6-18)26-16-13(19(20,21)22)8-23-17(25-16)24-15-12-10-29-7-4-14(12)28(27-15)9-11-2-3-11/h8,11H,2-7,9-10H2,1H3,(H2,23,24,25,26,27). The molecule has 156 valence electrons. The molecule has 2 aromatic rings. The second-order valence-electron chi connectivity index (χ2n) is 8.47. The normalized spacial score (nSPS) is 20.3. The van der Waals surface area contributed by atoms with Crippen LogP contribution in [-0.4, -0.2) is 31.9 Å². The van der Waals surface area contributed by atoms with E-state index in [0.717, 1.165) is 43.3 Å². The smallest absolute Gasteiger partial charge is 0.376 e. The molecule has 2 saturated carbocycles. The molecular weight excluding hydrogens is 385 g/mol. The lowest BCUT2D eigenvalue weighted by Gasteiger charge is -2.18. The highest BCUT2D eigenvalue weighted by atomic mass is 19.4. The van der Waals surface area contributed by atoms with Crippen LogP contribution in [0, 0.1) is 5.92 Å². The van der Waals surface area contributed by atoms with Gasteiger partial charge >= 0.3 is 6.18 Å². The van der Waals surface area contributed by atoms with Crippen molar-refractivity contribution in [3.63, 3.8) is 0 Å². The first-order chi connectivity index (χ1) is 13.8. The minimum atomic E-state index is -4.52. The van der Waals surface area contributed by atoms with Gasteiger partial charge in [0.2, 0.25) is 5.95 Å². The summed E-state index contributed by atoms with van der Waals surface area (Å²) in [6.45, 7) is 3.82. The lowest BCUT2D eigenvalue weighted by molar-refractivity contribution is -0.137. The molecule has 2 aliphatic carbocycles. The lowest BCUT2D eigenvalue weighted by atomic mass is 10.1. The SMILES string of the molecule is CC1(Nc2nc(Nc3nn(CC4CC4)c4c3COCC4)ncc2C(F)(F)F)CC1. The predicted molar refractivity (Wildman–Crippen MR) is 99.9 cm³/mol. The first-order valence-electron chi connectivity index (χ1n) is 9.96. The van der Waals surface area contributed by atoms with Crippen LogP contribution in [0.4, 0.5) is 30.8 Å². The highest BCUT2D eigenvalue weighted by molar-refractivity contribution is 5.58. The van der Waals surface area contributed by atoms with Crippen LogP contribution in [0.2, 0.25) is 0 Å². The summed E-state index contributed by atoms with van der Waals surface area (Å²) in [7, 11) is 0. The molecule has 0 amide bonds. The van der Waals surface area contributed by atoms with Gasteiger partial charge in [-0.3, -0.25) is 4.68 Å². The van der Waals surface area contributed by atoms with Crippen molar-refractivity contribution in [1.82, 2.24) is 19.7 Å². The second kappa shape index (κ2) is 6.58. The van der Waals surface area contributed by atoms with Crippen molar-refractivity contribution in [3.8, 4) is 0 Å². The molecule has 10 heteroatoms. The van der Waals surface area contributed by atoms with E-state index in [2.05, 4.69) is 25.7 Å². The van der Waals surface area contributed by atoms with Crippen molar-refractivity contribution < 1.29 is 17.9 Å². The zero-order valence-electron chi connectivity index (χ0n) is 16.1. The number of alkyl halides is 3.